The SMILES string of the molecule is CCC1=C2C=CN=C2C[NH+]1c1c2c(cc3c(=O)cc(C)oc13)CC(OOCC(O)(Cc1ccc(O)cc1)C(O)C(O)C(O)CO)C(C)(CCC1CNC(=O)C1)O2. The number of amides is 1. The summed E-state index contributed by atoms with van der Waals surface area (Å²) in [5.41, 5.74) is 1.71. The second-order valence-electron chi connectivity index (χ2n) is 15.6. The molecule has 0 spiro atoms. The molecule has 300 valence electrons. The minimum atomic E-state index is -2.26. The second-order valence-corrected chi connectivity index (χ2v) is 15.6. The zero-order valence-corrected chi connectivity index (χ0v) is 31.7. The van der Waals surface area contributed by atoms with E-state index in [1.54, 1.807) is 19.2 Å². The zero-order chi connectivity index (χ0) is 39.9. The Morgan fingerprint density at radius 3 is 2.61 bits per heavy atom. The number of nitrogens with zero attached hydrogens (tertiary/aromatic N) is 1. The van der Waals surface area contributed by atoms with E-state index in [1.165, 1.54) is 30.3 Å². The molecule has 15 heteroatoms. The largest absolute Gasteiger partial charge is 0.508 e. The van der Waals surface area contributed by atoms with E-state index < -0.39 is 48.8 Å². The second kappa shape index (κ2) is 15.8. The van der Waals surface area contributed by atoms with Gasteiger partial charge in [-0.05, 0) is 62.4 Å². The highest BCUT2D eigenvalue weighted by molar-refractivity contribution is 6.07. The number of ether oxygens (including phenoxy) is 1. The molecular weight excluding hydrogens is 726 g/mol. The number of aliphatic hydroxyl groups excluding tert-OH is 4. The lowest BCUT2D eigenvalue weighted by atomic mass is 9.83. The molecule has 8 atom stereocenters. The number of allylic oxidation sites excluding steroid dienone is 2. The molecule has 0 aliphatic carbocycles. The predicted octanol–water partition coefficient (Wildman–Crippen LogP) is 0.945. The summed E-state index contributed by atoms with van der Waals surface area (Å²) in [7, 11) is 0. The standard InChI is InChI=1S/C41H49N3O12/c1-4-30-27-10-12-42-29(27)19-44(30)35-37-25(15-28-31(47)13-22(2)54-38(28)35)16-33(40(3,55-37)11-9-24-14-34(49)43-18-24)56-53-21-41(52,39(51)36(50)32(48)20-45)17-23-5-7-26(46)8-6-23/h5-8,10,12-13,15,24,32-33,36,39,45-46,48,50-52H,4,9,11,14,16-21H2,1-3H3,(H,43,49)/p+1. The number of phenols is 1. The van der Waals surface area contributed by atoms with Crippen molar-refractivity contribution in [3.63, 3.8) is 0 Å². The van der Waals surface area contributed by atoms with Crippen molar-refractivity contribution in [1.82, 2.24) is 5.32 Å². The van der Waals surface area contributed by atoms with E-state index >= 15 is 0 Å². The molecule has 8 unspecified atom stereocenters. The highest BCUT2D eigenvalue weighted by atomic mass is 17.2. The molecule has 1 aromatic heterocycles. The molecule has 5 heterocycles. The van der Waals surface area contributed by atoms with Crippen molar-refractivity contribution in [3.8, 4) is 11.5 Å². The Morgan fingerprint density at radius 1 is 1.14 bits per heavy atom. The van der Waals surface area contributed by atoms with Crippen LogP contribution in [0, 0.1) is 12.8 Å². The van der Waals surface area contributed by atoms with Crippen LogP contribution in [0.25, 0.3) is 11.0 Å². The summed E-state index contributed by atoms with van der Waals surface area (Å²) in [5.74, 6) is 1.01. The summed E-state index contributed by atoms with van der Waals surface area (Å²) in [6, 6.07) is 9.03. The summed E-state index contributed by atoms with van der Waals surface area (Å²) >= 11 is 0. The molecule has 15 nitrogen and oxygen atoms in total. The molecule has 1 fully saturated rings. The number of aliphatic imine (C=N–C) groups is 1. The van der Waals surface area contributed by atoms with E-state index in [9.17, 15) is 40.2 Å². The van der Waals surface area contributed by atoms with Gasteiger partial charge < -0.3 is 45.1 Å². The molecule has 1 saturated heterocycles. The fourth-order valence-corrected chi connectivity index (χ4v) is 8.34. The Kier molecular flexibility index (Phi) is 11.2. The van der Waals surface area contributed by atoms with Crippen molar-refractivity contribution < 1.29 is 59.3 Å². The predicted molar refractivity (Wildman–Crippen MR) is 202 cm³/mol. The van der Waals surface area contributed by atoms with E-state index in [4.69, 9.17) is 18.9 Å². The quantitative estimate of drug-likeness (QED) is 0.0798. The fourth-order valence-electron chi connectivity index (χ4n) is 8.34. The summed E-state index contributed by atoms with van der Waals surface area (Å²) in [6.07, 6.45) is -0.805. The number of fused-ring (bicyclic) bond motifs is 3. The highest BCUT2D eigenvalue weighted by Crippen LogP contribution is 2.45. The van der Waals surface area contributed by atoms with Gasteiger partial charge in [0, 0.05) is 50.1 Å². The van der Waals surface area contributed by atoms with E-state index in [1.807, 2.05) is 13.0 Å². The minimum Gasteiger partial charge on any atom is -0.508 e. The Hall–Kier alpha value is -4.45. The number of aryl methyl sites for hydroxylation is 1. The normalized spacial score (nSPS) is 25.7. The number of nitrogens with one attached hydrogen (secondary N) is 2. The average Bonchev–Trinajstić information content (AvgIpc) is 3.90. The maximum Gasteiger partial charge on any atom is 0.222 e. The van der Waals surface area contributed by atoms with Crippen molar-refractivity contribution in [2.45, 2.75) is 94.9 Å². The van der Waals surface area contributed by atoms with Crippen molar-refractivity contribution in [3.05, 3.63) is 87.1 Å². The van der Waals surface area contributed by atoms with Gasteiger partial charge in [-0.25, -0.2) is 9.78 Å². The monoisotopic (exact) mass is 776 g/mol. The van der Waals surface area contributed by atoms with Crippen LogP contribution in [0.3, 0.4) is 0 Å². The van der Waals surface area contributed by atoms with Gasteiger partial charge in [0.2, 0.25) is 17.2 Å². The van der Waals surface area contributed by atoms with Gasteiger partial charge in [0.05, 0.1) is 17.6 Å². The highest BCUT2D eigenvalue weighted by Gasteiger charge is 2.49. The number of rotatable bonds is 15. The molecule has 1 amide bonds. The van der Waals surface area contributed by atoms with E-state index in [0.29, 0.717) is 78.1 Å². The zero-order valence-electron chi connectivity index (χ0n) is 31.7. The number of benzene rings is 2. The Morgan fingerprint density at radius 2 is 1.91 bits per heavy atom. The van der Waals surface area contributed by atoms with Crippen LogP contribution >= 0.6 is 0 Å². The lowest BCUT2D eigenvalue weighted by molar-refractivity contribution is -0.776. The molecule has 2 aromatic carbocycles. The third-order valence-corrected chi connectivity index (χ3v) is 11.6. The Balaban J connectivity index is 1.25. The van der Waals surface area contributed by atoms with Gasteiger partial charge in [-0.2, -0.15) is 0 Å². The number of aromatic hydroxyl groups is 1. The van der Waals surface area contributed by atoms with E-state index in [2.05, 4.69) is 17.2 Å². The molecule has 4 aliphatic heterocycles. The van der Waals surface area contributed by atoms with Crippen molar-refractivity contribution >= 4 is 28.3 Å². The van der Waals surface area contributed by atoms with Gasteiger partial charge in [0.15, 0.2) is 11.2 Å². The third-order valence-electron chi connectivity index (χ3n) is 11.6. The molecule has 3 aromatic rings. The van der Waals surface area contributed by atoms with Crippen LogP contribution in [0.4, 0.5) is 5.69 Å². The van der Waals surface area contributed by atoms with Crippen LogP contribution < -0.4 is 20.4 Å². The number of carbonyl (C=O) groups is 1. The number of quaternary nitrogens is 1. The number of hydrogen-bond donors (Lipinski definition) is 8. The van der Waals surface area contributed by atoms with Crippen LogP contribution in [-0.2, 0) is 27.4 Å². The van der Waals surface area contributed by atoms with Gasteiger partial charge >= 0.3 is 0 Å². The molecule has 0 bridgehead atoms. The fraction of sp³-hybridized carbons (Fsp3) is 0.488. The van der Waals surface area contributed by atoms with Crippen molar-refractivity contribution in [2.75, 3.05) is 26.3 Å². The van der Waals surface area contributed by atoms with Crippen molar-refractivity contribution in [2.24, 2.45) is 10.9 Å². The number of aliphatic hydroxyl groups is 5. The maximum atomic E-state index is 13.6. The molecule has 56 heavy (non-hydrogen) atoms. The third kappa shape index (κ3) is 7.65. The summed E-state index contributed by atoms with van der Waals surface area (Å²) < 4.78 is 13.4. The molecule has 0 radical (unpaired) electrons. The molecular formula is C41H50N3O12+. The first kappa shape index (κ1) is 39.8. The summed E-state index contributed by atoms with van der Waals surface area (Å²) in [4.78, 5) is 43.2. The number of phenolic OH excluding ortho intramolecular Hbond substituents is 1. The molecule has 4 aliphatic rings. The minimum absolute atomic E-state index is 0.0195. The van der Waals surface area contributed by atoms with Crippen LogP contribution in [0.2, 0.25) is 0 Å². The van der Waals surface area contributed by atoms with Gasteiger partial charge in [0.1, 0.15) is 71.7 Å². The maximum absolute atomic E-state index is 13.6. The smallest absolute Gasteiger partial charge is 0.222 e. The van der Waals surface area contributed by atoms with Gasteiger partial charge in [0.25, 0.3) is 0 Å². The lowest BCUT2D eigenvalue weighted by Crippen LogP contribution is -3.04. The number of carbonyl (C=O) groups excluding carboxylic acids is 1. The lowest BCUT2D eigenvalue weighted by Gasteiger charge is -2.43. The first-order chi connectivity index (χ1) is 26.7. The van der Waals surface area contributed by atoms with Crippen LogP contribution in [0.5, 0.6) is 11.5 Å². The Labute approximate surface area is 323 Å². The number of hydrogen-bond acceptors (Lipinski definition) is 13. The van der Waals surface area contributed by atoms with Crippen LogP contribution in [0.15, 0.2) is 74.1 Å². The average molecular weight is 777 g/mol. The van der Waals surface area contributed by atoms with Gasteiger partial charge in [-0.1, -0.05) is 19.1 Å². The molecule has 7 rings (SSSR count). The summed E-state index contributed by atoms with van der Waals surface area (Å²) in [5, 5.41) is 66.3. The first-order valence-corrected chi connectivity index (χ1v) is 19.1. The topological polar surface area (TPSA) is 225 Å². The van der Waals surface area contributed by atoms with Crippen molar-refractivity contribution in [1.29, 1.82) is 0 Å². The molecule has 0 saturated carbocycles. The van der Waals surface area contributed by atoms with Crippen LogP contribution in [-0.4, -0.2) is 104 Å². The van der Waals surface area contributed by atoms with Gasteiger partial charge in [-0.3, -0.25) is 19.5 Å². The van der Waals surface area contributed by atoms with E-state index in [-0.39, 0.29) is 35.8 Å². The van der Waals surface area contributed by atoms with Crippen LogP contribution in [0.1, 0.15) is 56.4 Å². The molecule has 8 N–H and O–H groups in total. The summed E-state index contributed by atoms with van der Waals surface area (Å²) in [6.45, 7) is 5.16. The van der Waals surface area contributed by atoms with E-state index in [0.717, 1.165) is 21.9 Å². The Bertz CT molecular complexity index is 2130. The van der Waals surface area contributed by atoms with Gasteiger partial charge in [-0.15, -0.1) is 0 Å². The first-order valence-electron chi connectivity index (χ1n) is 19.1.